The number of carbonyl (C=O) groups is 3. The van der Waals surface area contributed by atoms with E-state index in [-0.39, 0.29) is 11.8 Å². The molecule has 3 heterocycles. The van der Waals surface area contributed by atoms with E-state index in [2.05, 4.69) is 16.4 Å². The summed E-state index contributed by atoms with van der Waals surface area (Å²) in [4.78, 5) is 47.4. The molecular weight excluding hydrogens is 464 g/mol. The Kier molecular flexibility index (Phi) is 5.56. The topological polar surface area (TPSA) is 85.5 Å². The normalized spacial score (nSPS) is 18.8. The van der Waals surface area contributed by atoms with E-state index < -0.39 is 18.1 Å². The maximum absolute atomic E-state index is 14.1. The predicted octanol–water partition coefficient (Wildman–Crippen LogP) is 5.10. The Balaban J connectivity index is 1.49. The van der Waals surface area contributed by atoms with Gasteiger partial charge in [-0.3, -0.25) is 14.5 Å². The summed E-state index contributed by atoms with van der Waals surface area (Å²) in [6.45, 7) is 4.51. The summed E-state index contributed by atoms with van der Waals surface area (Å²) in [5.74, 6) is -0.608. The zero-order valence-corrected chi connectivity index (χ0v) is 20.8. The number of carbonyl (C=O) groups excluding carboxylic acids is 3. The molecule has 1 fully saturated rings. The van der Waals surface area contributed by atoms with Crippen molar-refractivity contribution >= 4 is 34.4 Å². The first-order chi connectivity index (χ1) is 18.0. The van der Waals surface area contributed by atoms with Crippen molar-refractivity contribution < 1.29 is 14.4 Å². The Morgan fingerprint density at radius 1 is 1.00 bits per heavy atom. The fourth-order valence-corrected chi connectivity index (χ4v) is 5.59. The van der Waals surface area contributed by atoms with Gasteiger partial charge in [-0.1, -0.05) is 67.1 Å². The maximum atomic E-state index is 14.1. The van der Waals surface area contributed by atoms with Crippen LogP contribution in [0.5, 0.6) is 0 Å². The van der Waals surface area contributed by atoms with E-state index in [1.807, 2.05) is 56.3 Å². The van der Waals surface area contributed by atoms with Gasteiger partial charge in [-0.05, 0) is 42.7 Å². The van der Waals surface area contributed by atoms with Gasteiger partial charge in [0.25, 0.3) is 11.8 Å². The Bertz CT molecular complexity index is 1540. The first kappa shape index (κ1) is 23.0. The number of nitrogens with one attached hydrogen (secondary N) is 2. The zero-order valence-electron chi connectivity index (χ0n) is 20.8. The molecule has 0 radical (unpaired) electrons. The summed E-state index contributed by atoms with van der Waals surface area (Å²) in [5, 5.41) is 3.93. The number of benzene rings is 3. The number of hydrogen-bond acceptors (Lipinski definition) is 3. The summed E-state index contributed by atoms with van der Waals surface area (Å²) < 4.78 is 0. The number of nitrogens with zero attached hydrogens (tertiary/aromatic N) is 2. The van der Waals surface area contributed by atoms with Crippen LogP contribution in [0.15, 0.2) is 72.8 Å². The van der Waals surface area contributed by atoms with Crippen molar-refractivity contribution in [1.82, 2.24) is 15.2 Å². The molecule has 7 heteroatoms. The van der Waals surface area contributed by atoms with Crippen LogP contribution in [-0.2, 0) is 11.2 Å². The van der Waals surface area contributed by atoms with E-state index in [0.29, 0.717) is 24.2 Å². The minimum atomic E-state index is -0.669. The van der Waals surface area contributed by atoms with Crippen molar-refractivity contribution in [3.05, 3.63) is 101 Å². The summed E-state index contributed by atoms with van der Waals surface area (Å²) in [6.07, 6.45) is 1.20. The number of imide groups is 1. The molecule has 6 rings (SSSR count). The average molecular weight is 493 g/mol. The molecule has 4 aromatic rings. The fourth-order valence-electron chi connectivity index (χ4n) is 5.59. The maximum Gasteiger partial charge on any atom is 0.332 e. The molecule has 2 aliphatic rings. The summed E-state index contributed by atoms with van der Waals surface area (Å²) in [5.41, 5.74) is 5.65. The highest BCUT2D eigenvalue weighted by molar-refractivity contribution is 6.24. The number of fused-ring (bicyclic) bond motifs is 4. The van der Waals surface area contributed by atoms with Gasteiger partial charge in [0.15, 0.2) is 0 Å². The van der Waals surface area contributed by atoms with Crippen molar-refractivity contribution in [1.29, 1.82) is 0 Å². The Morgan fingerprint density at radius 3 is 2.51 bits per heavy atom. The number of anilines is 1. The molecule has 0 spiro atoms. The third-order valence-electron chi connectivity index (χ3n) is 7.37. The number of urea groups is 1. The first-order valence-electron chi connectivity index (χ1n) is 12.7. The molecule has 186 valence electrons. The Hall–Kier alpha value is -4.39. The smallest absolute Gasteiger partial charge is 0.332 e. The summed E-state index contributed by atoms with van der Waals surface area (Å²) >= 11 is 0. The predicted molar refractivity (Wildman–Crippen MR) is 143 cm³/mol. The van der Waals surface area contributed by atoms with Crippen LogP contribution in [0.25, 0.3) is 10.9 Å². The average Bonchev–Trinajstić information content (AvgIpc) is 3.41. The van der Waals surface area contributed by atoms with Crippen molar-refractivity contribution in [3.8, 4) is 0 Å². The molecule has 0 unspecified atom stereocenters. The molecule has 2 aliphatic heterocycles. The number of amides is 4. The van der Waals surface area contributed by atoms with Crippen LogP contribution in [0.3, 0.4) is 0 Å². The summed E-state index contributed by atoms with van der Waals surface area (Å²) in [7, 11) is 0. The number of para-hydroxylation sites is 2. The lowest BCUT2D eigenvalue weighted by atomic mass is 9.88. The molecule has 1 aromatic heterocycles. The Morgan fingerprint density at radius 2 is 1.73 bits per heavy atom. The molecule has 0 saturated carbocycles. The van der Waals surface area contributed by atoms with E-state index in [4.69, 9.17) is 0 Å². The van der Waals surface area contributed by atoms with Crippen molar-refractivity contribution in [2.45, 2.75) is 38.8 Å². The molecule has 1 saturated heterocycles. The molecule has 2 atom stereocenters. The number of aromatic nitrogens is 1. The second-order valence-electron chi connectivity index (χ2n) is 9.73. The van der Waals surface area contributed by atoms with Crippen molar-refractivity contribution in [2.75, 3.05) is 11.4 Å². The zero-order chi connectivity index (χ0) is 25.7. The number of rotatable bonds is 5. The van der Waals surface area contributed by atoms with Gasteiger partial charge in [0.1, 0.15) is 12.1 Å². The fraction of sp³-hybridized carbons (Fsp3) is 0.233. The molecule has 4 amide bonds. The van der Waals surface area contributed by atoms with Crippen molar-refractivity contribution in [3.63, 3.8) is 0 Å². The quantitative estimate of drug-likeness (QED) is 0.380. The van der Waals surface area contributed by atoms with Gasteiger partial charge in [-0.25, -0.2) is 9.69 Å². The van der Waals surface area contributed by atoms with Crippen LogP contribution in [0.4, 0.5) is 10.5 Å². The minimum Gasteiger partial charge on any atom is -0.356 e. The SMILES string of the molecule is CCCNC(=O)c1ccccc1N1C(=O)[C@@H]2Cc3c([nH]c4ccccc34)[C@H](c3ccc(C)cc3)N2C1=O. The van der Waals surface area contributed by atoms with Gasteiger partial charge >= 0.3 is 6.03 Å². The van der Waals surface area contributed by atoms with Crippen LogP contribution in [0.1, 0.15) is 52.1 Å². The number of hydrogen-bond donors (Lipinski definition) is 2. The van der Waals surface area contributed by atoms with Crippen LogP contribution >= 0.6 is 0 Å². The highest BCUT2D eigenvalue weighted by Crippen LogP contribution is 2.45. The second-order valence-corrected chi connectivity index (χ2v) is 9.73. The van der Waals surface area contributed by atoms with Gasteiger partial charge in [0, 0.05) is 29.6 Å². The van der Waals surface area contributed by atoms with E-state index in [1.165, 1.54) is 4.90 Å². The van der Waals surface area contributed by atoms with Crippen molar-refractivity contribution in [2.24, 2.45) is 0 Å². The minimum absolute atomic E-state index is 0.297. The van der Waals surface area contributed by atoms with E-state index in [0.717, 1.165) is 39.7 Å². The van der Waals surface area contributed by atoms with Crippen LogP contribution in [0, 0.1) is 6.92 Å². The van der Waals surface area contributed by atoms with Gasteiger partial charge in [-0.15, -0.1) is 0 Å². The number of aryl methyl sites for hydroxylation is 1. The number of H-pyrrole nitrogens is 1. The highest BCUT2D eigenvalue weighted by atomic mass is 16.2. The molecule has 7 nitrogen and oxygen atoms in total. The molecule has 2 N–H and O–H groups in total. The monoisotopic (exact) mass is 492 g/mol. The lowest BCUT2D eigenvalue weighted by Crippen LogP contribution is -2.44. The van der Waals surface area contributed by atoms with Gasteiger partial charge < -0.3 is 10.3 Å². The van der Waals surface area contributed by atoms with Gasteiger partial charge in [-0.2, -0.15) is 0 Å². The standard InChI is InChI=1S/C30H28N4O3/c1-3-16-31-28(35)21-9-5-7-11-24(21)34-29(36)25-17-22-20-8-4-6-10-23(20)32-26(22)27(33(25)30(34)37)19-14-12-18(2)13-15-19/h4-15,25,27,32H,3,16-17H2,1-2H3,(H,31,35)/t25-,27-/m0/s1. The molecule has 37 heavy (non-hydrogen) atoms. The number of aromatic amines is 1. The van der Waals surface area contributed by atoms with E-state index in [1.54, 1.807) is 29.2 Å². The van der Waals surface area contributed by atoms with E-state index in [9.17, 15) is 14.4 Å². The molecule has 0 bridgehead atoms. The highest BCUT2D eigenvalue weighted by Gasteiger charge is 2.53. The van der Waals surface area contributed by atoms with Gasteiger partial charge in [0.2, 0.25) is 0 Å². The van der Waals surface area contributed by atoms with Gasteiger partial charge in [0.05, 0.1) is 11.3 Å². The molecular formula is C30H28N4O3. The first-order valence-corrected chi connectivity index (χ1v) is 12.7. The lowest BCUT2D eigenvalue weighted by Gasteiger charge is -2.36. The van der Waals surface area contributed by atoms with Crippen LogP contribution in [0.2, 0.25) is 0 Å². The Labute approximate surface area is 215 Å². The lowest BCUT2D eigenvalue weighted by molar-refractivity contribution is -0.120. The summed E-state index contributed by atoms with van der Waals surface area (Å²) in [6, 6.07) is 21.4. The third kappa shape index (κ3) is 3.61. The molecule has 0 aliphatic carbocycles. The largest absolute Gasteiger partial charge is 0.356 e. The van der Waals surface area contributed by atoms with E-state index >= 15 is 0 Å². The van der Waals surface area contributed by atoms with Crippen LogP contribution in [-0.4, -0.2) is 40.3 Å². The third-order valence-corrected chi connectivity index (χ3v) is 7.37. The molecule has 3 aromatic carbocycles. The van der Waals surface area contributed by atoms with Crippen LogP contribution < -0.4 is 10.2 Å². The second kappa shape index (κ2) is 8.92.